The number of rotatable bonds is 2. The molecule has 13 heavy (non-hydrogen) atoms. The van der Waals surface area contributed by atoms with E-state index in [1.54, 1.807) is 0 Å². The molecule has 0 saturated carbocycles. The van der Waals surface area contributed by atoms with E-state index in [4.69, 9.17) is 0 Å². The normalized spacial score (nSPS) is 24.6. The van der Waals surface area contributed by atoms with Crippen molar-refractivity contribution in [3.63, 3.8) is 0 Å². The molecule has 76 valence electrons. The van der Waals surface area contributed by atoms with Gasteiger partial charge in [-0.15, -0.1) is 0 Å². The van der Waals surface area contributed by atoms with Crippen molar-refractivity contribution in [3.8, 4) is 0 Å². The van der Waals surface area contributed by atoms with Crippen LogP contribution in [0, 0.1) is 5.92 Å². The topological polar surface area (TPSA) is 32.3 Å². The van der Waals surface area contributed by atoms with Crippen molar-refractivity contribution >= 4 is 5.91 Å². The van der Waals surface area contributed by atoms with Crippen molar-refractivity contribution in [1.29, 1.82) is 0 Å². The maximum atomic E-state index is 11.9. The molecule has 1 rings (SSSR count). The number of hydrogen-bond donors (Lipinski definition) is 1. The van der Waals surface area contributed by atoms with Crippen LogP contribution in [0.5, 0.6) is 0 Å². The Hall–Kier alpha value is -0.570. The predicted molar refractivity (Wildman–Crippen MR) is 53.5 cm³/mol. The van der Waals surface area contributed by atoms with Crippen LogP contribution in [0.4, 0.5) is 0 Å². The molecule has 1 N–H and O–H groups in total. The molecule has 1 heterocycles. The molecule has 0 spiro atoms. The van der Waals surface area contributed by atoms with Gasteiger partial charge < -0.3 is 10.2 Å². The monoisotopic (exact) mass is 184 g/mol. The van der Waals surface area contributed by atoms with Crippen LogP contribution in [0.3, 0.4) is 0 Å². The molecule has 0 radical (unpaired) electrons. The molecule has 0 aromatic rings. The molecule has 3 nitrogen and oxygen atoms in total. The maximum Gasteiger partial charge on any atom is 0.240 e. The van der Waals surface area contributed by atoms with Crippen molar-refractivity contribution in [3.05, 3.63) is 0 Å². The first kappa shape index (κ1) is 10.5. The Morgan fingerprint density at radius 3 is 2.46 bits per heavy atom. The highest BCUT2D eigenvalue weighted by Crippen LogP contribution is 2.12. The van der Waals surface area contributed by atoms with Crippen molar-refractivity contribution in [2.45, 2.75) is 39.8 Å². The van der Waals surface area contributed by atoms with E-state index in [9.17, 15) is 4.79 Å². The fourth-order valence-corrected chi connectivity index (χ4v) is 1.75. The maximum absolute atomic E-state index is 11.9. The Morgan fingerprint density at radius 1 is 1.38 bits per heavy atom. The largest absolute Gasteiger partial charge is 0.338 e. The molecule has 1 fully saturated rings. The standard InChI is InChI=1S/C10H20N2O/c1-7(2)9-10(13)12(8(3)4)6-5-11-9/h7-9,11H,5-6H2,1-4H3. The summed E-state index contributed by atoms with van der Waals surface area (Å²) in [6.07, 6.45) is 0. The van der Waals surface area contributed by atoms with Gasteiger partial charge in [-0.25, -0.2) is 0 Å². The number of carbonyl (C=O) groups is 1. The van der Waals surface area contributed by atoms with Crippen molar-refractivity contribution in [2.24, 2.45) is 5.92 Å². The van der Waals surface area contributed by atoms with Gasteiger partial charge in [0.1, 0.15) is 0 Å². The highest BCUT2D eigenvalue weighted by atomic mass is 16.2. The third-order valence-electron chi connectivity index (χ3n) is 2.56. The van der Waals surface area contributed by atoms with Crippen LogP contribution < -0.4 is 5.32 Å². The van der Waals surface area contributed by atoms with Crippen LogP contribution >= 0.6 is 0 Å². The van der Waals surface area contributed by atoms with Gasteiger partial charge >= 0.3 is 0 Å². The zero-order chi connectivity index (χ0) is 10.0. The summed E-state index contributed by atoms with van der Waals surface area (Å²) >= 11 is 0. The number of amides is 1. The van der Waals surface area contributed by atoms with Crippen LogP contribution in [0.1, 0.15) is 27.7 Å². The Bertz CT molecular complexity index is 171. The van der Waals surface area contributed by atoms with Gasteiger partial charge in [-0.1, -0.05) is 13.8 Å². The first-order chi connectivity index (χ1) is 6.04. The minimum atomic E-state index is 0.0242. The van der Waals surface area contributed by atoms with Gasteiger partial charge in [0.2, 0.25) is 5.91 Å². The lowest BCUT2D eigenvalue weighted by Gasteiger charge is -2.37. The molecule has 1 saturated heterocycles. The molecule has 1 aliphatic rings. The van der Waals surface area contributed by atoms with Crippen LogP contribution in [0.2, 0.25) is 0 Å². The molecule has 1 unspecified atom stereocenters. The highest BCUT2D eigenvalue weighted by molar-refractivity contribution is 5.83. The molecule has 0 bridgehead atoms. The van der Waals surface area contributed by atoms with Crippen molar-refractivity contribution < 1.29 is 4.79 Å². The fraction of sp³-hybridized carbons (Fsp3) is 0.900. The van der Waals surface area contributed by atoms with E-state index in [0.29, 0.717) is 12.0 Å². The Morgan fingerprint density at radius 2 is 2.00 bits per heavy atom. The summed E-state index contributed by atoms with van der Waals surface area (Å²) in [6.45, 7) is 10.1. The zero-order valence-corrected chi connectivity index (χ0v) is 9.00. The summed E-state index contributed by atoms with van der Waals surface area (Å²) in [5.74, 6) is 0.644. The van der Waals surface area contributed by atoms with E-state index in [1.165, 1.54) is 0 Å². The summed E-state index contributed by atoms with van der Waals surface area (Å²) in [6, 6.07) is 0.354. The SMILES string of the molecule is CC(C)C1NCCN(C(C)C)C1=O. The van der Waals surface area contributed by atoms with E-state index < -0.39 is 0 Å². The molecule has 1 amide bonds. The predicted octanol–water partition coefficient (Wildman–Crippen LogP) is 0.851. The minimum Gasteiger partial charge on any atom is -0.338 e. The van der Waals surface area contributed by atoms with Gasteiger partial charge in [-0.2, -0.15) is 0 Å². The molecular weight excluding hydrogens is 164 g/mol. The number of nitrogens with zero attached hydrogens (tertiary/aromatic N) is 1. The number of carbonyl (C=O) groups excluding carboxylic acids is 1. The number of nitrogens with one attached hydrogen (secondary N) is 1. The number of piperazine rings is 1. The average Bonchev–Trinajstić information content (AvgIpc) is 2.03. The van der Waals surface area contributed by atoms with Gasteiger partial charge in [-0.3, -0.25) is 4.79 Å². The van der Waals surface area contributed by atoms with Gasteiger partial charge in [0.15, 0.2) is 0 Å². The summed E-state index contributed by atoms with van der Waals surface area (Å²) in [5, 5.41) is 3.26. The number of hydrogen-bond acceptors (Lipinski definition) is 2. The van der Waals surface area contributed by atoms with Crippen LogP contribution in [0.25, 0.3) is 0 Å². The van der Waals surface area contributed by atoms with Crippen LogP contribution in [0.15, 0.2) is 0 Å². The van der Waals surface area contributed by atoms with E-state index in [2.05, 4.69) is 33.0 Å². The lowest BCUT2D eigenvalue weighted by atomic mass is 10.0. The molecule has 0 aliphatic carbocycles. The summed E-state index contributed by atoms with van der Waals surface area (Å²) in [7, 11) is 0. The second kappa shape index (κ2) is 4.09. The molecule has 1 aliphatic heterocycles. The van der Waals surface area contributed by atoms with Crippen molar-refractivity contribution in [1.82, 2.24) is 10.2 Å². The van der Waals surface area contributed by atoms with E-state index in [1.807, 2.05) is 4.90 Å². The van der Waals surface area contributed by atoms with Crippen LogP contribution in [-0.4, -0.2) is 36.0 Å². The quantitative estimate of drug-likeness (QED) is 0.690. The second-order valence-electron chi connectivity index (χ2n) is 4.30. The summed E-state index contributed by atoms with van der Waals surface area (Å²) in [4.78, 5) is 13.8. The minimum absolute atomic E-state index is 0.0242. The van der Waals surface area contributed by atoms with Crippen molar-refractivity contribution in [2.75, 3.05) is 13.1 Å². The van der Waals surface area contributed by atoms with Gasteiger partial charge in [-0.05, 0) is 19.8 Å². The lowest BCUT2D eigenvalue weighted by molar-refractivity contribution is -0.138. The van der Waals surface area contributed by atoms with E-state index >= 15 is 0 Å². The van der Waals surface area contributed by atoms with E-state index in [-0.39, 0.29) is 11.9 Å². The molecule has 3 heteroatoms. The Kier molecular flexibility index (Phi) is 3.31. The second-order valence-corrected chi connectivity index (χ2v) is 4.30. The van der Waals surface area contributed by atoms with E-state index in [0.717, 1.165) is 13.1 Å². The smallest absolute Gasteiger partial charge is 0.240 e. The summed E-state index contributed by atoms with van der Waals surface area (Å²) in [5.41, 5.74) is 0. The highest BCUT2D eigenvalue weighted by Gasteiger charge is 2.31. The van der Waals surface area contributed by atoms with Gasteiger partial charge in [0.25, 0.3) is 0 Å². The summed E-state index contributed by atoms with van der Waals surface area (Å²) < 4.78 is 0. The first-order valence-electron chi connectivity index (χ1n) is 5.08. The first-order valence-corrected chi connectivity index (χ1v) is 5.08. The third kappa shape index (κ3) is 2.21. The molecular formula is C10H20N2O. The average molecular weight is 184 g/mol. The van der Waals surface area contributed by atoms with Gasteiger partial charge in [0, 0.05) is 19.1 Å². The van der Waals surface area contributed by atoms with Gasteiger partial charge in [0.05, 0.1) is 6.04 Å². The molecule has 0 aromatic carbocycles. The molecule has 0 aromatic heterocycles. The lowest BCUT2D eigenvalue weighted by Crippen LogP contribution is -2.58. The third-order valence-corrected chi connectivity index (χ3v) is 2.56. The Balaban J connectivity index is 2.66. The fourth-order valence-electron chi connectivity index (χ4n) is 1.75. The molecule has 1 atom stereocenters. The Labute approximate surface area is 80.5 Å². The van der Waals surface area contributed by atoms with Crippen LogP contribution in [-0.2, 0) is 4.79 Å². The zero-order valence-electron chi connectivity index (χ0n) is 9.00.